The van der Waals surface area contributed by atoms with Crippen molar-refractivity contribution in [1.29, 1.82) is 0 Å². The number of aromatic nitrogens is 2. The van der Waals surface area contributed by atoms with Gasteiger partial charge in [-0.2, -0.15) is 0 Å². The number of likely N-dealkylation sites (tertiary alicyclic amines) is 1. The summed E-state index contributed by atoms with van der Waals surface area (Å²) in [5.41, 5.74) is 4.85. The summed E-state index contributed by atoms with van der Waals surface area (Å²) in [6.45, 7) is 6.48. The van der Waals surface area contributed by atoms with Gasteiger partial charge in [0.15, 0.2) is 0 Å². The molecule has 2 aromatic rings. The average molecular weight is 352 g/mol. The van der Waals surface area contributed by atoms with Gasteiger partial charge in [0, 0.05) is 25.8 Å². The third kappa shape index (κ3) is 3.19. The van der Waals surface area contributed by atoms with Crippen molar-refractivity contribution in [2.75, 3.05) is 13.1 Å². The fourth-order valence-electron chi connectivity index (χ4n) is 3.15. The molecule has 5 heteroatoms. The van der Waals surface area contributed by atoms with Crippen molar-refractivity contribution < 1.29 is 4.39 Å². The first-order valence-electron chi connectivity index (χ1n) is 7.19. The summed E-state index contributed by atoms with van der Waals surface area (Å²) in [6.07, 6.45) is 3.78. The monoisotopic (exact) mass is 351 g/mol. The Bertz CT molecular complexity index is 630. The van der Waals surface area contributed by atoms with Crippen molar-refractivity contribution in [3.05, 3.63) is 46.0 Å². The molecule has 0 spiro atoms. The maximum absolute atomic E-state index is 13.3. The normalized spacial score (nSPS) is 19.3. The standard InChI is InChI=1S/C16H19BrFN3/c1-11-5-13(7-20-4-3-14(18)8-20)6-12(2)16(11)21-9-15(17)19-10-21/h5-6,9-10,14H,3-4,7-8H2,1-2H3/t14-/m1/s1. The highest BCUT2D eigenvalue weighted by atomic mass is 79.9. The van der Waals surface area contributed by atoms with E-state index in [0.29, 0.717) is 13.0 Å². The van der Waals surface area contributed by atoms with E-state index in [1.54, 1.807) is 0 Å². The van der Waals surface area contributed by atoms with E-state index in [0.717, 1.165) is 17.7 Å². The van der Waals surface area contributed by atoms with Crippen LogP contribution in [0.4, 0.5) is 4.39 Å². The molecule has 3 rings (SSSR count). The van der Waals surface area contributed by atoms with Crippen LogP contribution < -0.4 is 0 Å². The molecule has 21 heavy (non-hydrogen) atoms. The molecule has 0 saturated carbocycles. The van der Waals surface area contributed by atoms with Gasteiger partial charge in [0.2, 0.25) is 0 Å². The van der Waals surface area contributed by atoms with Crippen LogP contribution in [0, 0.1) is 13.8 Å². The van der Waals surface area contributed by atoms with E-state index in [1.165, 1.54) is 22.4 Å². The van der Waals surface area contributed by atoms with E-state index in [4.69, 9.17) is 0 Å². The summed E-state index contributed by atoms with van der Waals surface area (Å²) < 4.78 is 16.1. The molecule has 1 atom stereocenters. The molecule has 1 aliphatic heterocycles. The van der Waals surface area contributed by atoms with E-state index in [-0.39, 0.29) is 0 Å². The Kier molecular flexibility index (Phi) is 4.13. The molecule has 3 nitrogen and oxygen atoms in total. The molecule has 1 aromatic heterocycles. The highest BCUT2D eigenvalue weighted by Crippen LogP contribution is 2.24. The molecule has 112 valence electrons. The fourth-order valence-corrected chi connectivity index (χ4v) is 3.46. The summed E-state index contributed by atoms with van der Waals surface area (Å²) >= 11 is 3.38. The van der Waals surface area contributed by atoms with Crippen molar-refractivity contribution in [1.82, 2.24) is 14.5 Å². The number of nitrogens with zero attached hydrogens (tertiary/aromatic N) is 3. The molecule has 1 aliphatic rings. The summed E-state index contributed by atoms with van der Waals surface area (Å²) in [4.78, 5) is 6.41. The minimum atomic E-state index is -0.658. The van der Waals surface area contributed by atoms with Gasteiger partial charge in [-0.15, -0.1) is 0 Å². The van der Waals surface area contributed by atoms with Crippen LogP contribution in [-0.4, -0.2) is 33.7 Å². The molecule has 2 heterocycles. The quantitative estimate of drug-likeness (QED) is 0.838. The van der Waals surface area contributed by atoms with Gasteiger partial charge in [0.25, 0.3) is 0 Å². The lowest BCUT2D eigenvalue weighted by Gasteiger charge is -2.18. The molecular weight excluding hydrogens is 333 g/mol. The molecule has 0 radical (unpaired) electrons. The van der Waals surface area contributed by atoms with Crippen molar-refractivity contribution in [3.63, 3.8) is 0 Å². The van der Waals surface area contributed by atoms with Gasteiger partial charge in [-0.05, 0) is 52.9 Å². The van der Waals surface area contributed by atoms with Gasteiger partial charge in [0.05, 0.1) is 5.69 Å². The Hall–Kier alpha value is -1.20. The number of rotatable bonds is 3. The van der Waals surface area contributed by atoms with E-state index in [9.17, 15) is 4.39 Å². The van der Waals surface area contributed by atoms with E-state index < -0.39 is 6.17 Å². The van der Waals surface area contributed by atoms with Gasteiger partial charge in [-0.3, -0.25) is 4.90 Å². The number of aryl methyl sites for hydroxylation is 2. The van der Waals surface area contributed by atoms with Crippen LogP contribution in [0.3, 0.4) is 0 Å². The van der Waals surface area contributed by atoms with Crippen LogP contribution in [0.25, 0.3) is 5.69 Å². The smallest absolute Gasteiger partial charge is 0.124 e. The predicted molar refractivity (Wildman–Crippen MR) is 85.5 cm³/mol. The molecule has 1 saturated heterocycles. The first kappa shape index (κ1) is 14.7. The number of hydrogen-bond donors (Lipinski definition) is 0. The van der Waals surface area contributed by atoms with Crippen molar-refractivity contribution in [3.8, 4) is 5.69 Å². The van der Waals surface area contributed by atoms with E-state index in [1.807, 2.05) is 17.1 Å². The average Bonchev–Trinajstić information content (AvgIpc) is 2.98. The zero-order valence-corrected chi connectivity index (χ0v) is 13.9. The lowest BCUT2D eigenvalue weighted by Crippen LogP contribution is -2.20. The van der Waals surface area contributed by atoms with Crippen LogP contribution in [0.1, 0.15) is 23.1 Å². The zero-order chi connectivity index (χ0) is 15.0. The van der Waals surface area contributed by atoms with Crippen molar-refractivity contribution >= 4 is 15.9 Å². The Morgan fingerprint density at radius 2 is 2.05 bits per heavy atom. The second kappa shape index (κ2) is 5.89. The van der Waals surface area contributed by atoms with Crippen molar-refractivity contribution in [2.45, 2.75) is 33.0 Å². The van der Waals surface area contributed by atoms with Gasteiger partial charge < -0.3 is 4.57 Å². The number of benzene rings is 1. The molecule has 0 amide bonds. The summed E-state index contributed by atoms with van der Waals surface area (Å²) in [5, 5.41) is 0. The maximum atomic E-state index is 13.3. The lowest BCUT2D eigenvalue weighted by atomic mass is 10.0. The number of imidazole rings is 1. The van der Waals surface area contributed by atoms with Crippen molar-refractivity contribution in [2.24, 2.45) is 0 Å². The summed E-state index contributed by atoms with van der Waals surface area (Å²) in [7, 11) is 0. The summed E-state index contributed by atoms with van der Waals surface area (Å²) in [6, 6.07) is 4.39. The Labute approximate surface area is 132 Å². The van der Waals surface area contributed by atoms with Crippen LogP contribution in [0.5, 0.6) is 0 Å². The Morgan fingerprint density at radius 1 is 1.33 bits per heavy atom. The van der Waals surface area contributed by atoms with Crippen LogP contribution in [0.2, 0.25) is 0 Å². The molecule has 1 fully saturated rings. The summed E-state index contributed by atoms with van der Waals surface area (Å²) in [5.74, 6) is 0. The zero-order valence-electron chi connectivity index (χ0n) is 12.3. The highest BCUT2D eigenvalue weighted by molar-refractivity contribution is 9.10. The molecule has 0 aliphatic carbocycles. The molecule has 1 aromatic carbocycles. The minimum absolute atomic E-state index is 0.564. The lowest BCUT2D eigenvalue weighted by molar-refractivity contribution is 0.282. The third-order valence-corrected chi connectivity index (χ3v) is 4.39. The Morgan fingerprint density at radius 3 is 2.57 bits per heavy atom. The first-order chi connectivity index (χ1) is 10.0. The Balaban J connectivity index is 1.85. The van der Waals surface area contributed by atoms with Gasteiger partial charge in [-0.25, -0.2) is 9.37 Å². The maximum Gasteiger partial charge on any atom is 0.124 e. The van der Waals surface area contributed by atoms with Gasteiger partial charge >= 0.3 is 0 Å². The predicted octanol–water partition coefficient (Wildman–Crippen LogP) is 3.80. The van der Waals surface area contributed by atoms with E-state index in [2.05, 4.69) is 51.8 Å². The molecular formula is C16H19BrFN3. The minimum Gasteiger partial charge on any atom is -0.305 e. The van der Waals surface area contributed by atoms with Crippen LogP contribution in [0.15, 0.2) is 29.3 Å². The molecule has 0 N–H and O–H groups in total. The third-order valence-electron chi connectivity index (χ3n) is 3.98. The topological polar surface area (TPSA) is 21.1 Å². The van der Waals surface area contributed by atoms with Gasteiger partial charge in [0.1, 0.15) is 17.1 Å². The highest BCUT2D eigenvalue weighted by Gasteiger charge is 2.21. The second-order valence-corrected chi connectivity index (χ2v) is 6.62. The SMILES string of the molecule is Cc1cc(CN2CC[C@@H](F)C2)cc(C)c1-n1cnc(Br)c1. The first-order valence-corrected chi connectivity index (χ1v) is 7.98. The number of hydrogen-bond acceptors (Lipinski definition) is 2. The molecule has 0 bridgehead atoms. The number of halogens is 2. The van der Waals surface area contributed by atoms with Gasteiger partial charge in [-0.1, -0.05) is 12.1 Å². The number of alkyl halides is 1. The van der Waals surface area contributed by atoms with E-state index >= 15 is 0 Å². The molecule has 0 unspecified atom stereocenters. The van der Waals surface area contributed by atoms with Crippen LogP contribution >= 0.6 is 15.9 Å². The second-order valence-electron chi connectivity index (χ2n) is 5.80. The fraction of sp³-hybridized carbons (Fsp3) is 0.438. The van der Waals surface area contributed by atoms with Crippen LogP contribution in [-0.2, 0) is 6.54 Å². The largest absolute Gasteiger partial charge is 0.305 e.